The number of carbonyl (C=O) groups is 1. The van der Waals surface area contributed by atoms with Crippen LogP contribution in [-0.2, 0) is 4.79 Å². The normalized spacial score (nSPS) is 31.4. The Kier molecular flexibility index (Phi) is 3.71. The highest BCUT2D eigenvalue weighted by atomic mass is 16.4. The zero-order chi connectivity index (χ0) is 13.2. The molecule has 1 saturated carbocycles. The zero-order valence-electron chi connectivity index (χ0n) is 10.8. The van der Waals surface area contributed by atoms with Gasteiger partial charge in [-0.05, 0) is 42.2 Å². The van der Waals surface area contributed by atoms with E-state index in [2.05, 4.69) is 19.1 Å². The molecule has 3 heteroatoms. The molecule has 1 aliphatic rings. The Balaban J connectivity index is 2.19. The summed E-state index contributed by atoms with van der Waals surface area (Å²) in [4.78, 5) is 11.0. The lowest BCUT2D eigenvalue weighted by Crippen LogP contribution is -2.30. The van der Waals surface area contributed by atoms with E-state index in [9.17, 15) is 4.79 Å². The first kappa shape index (κ1) is 13.1. The van der Waals surface area contributed by atoms with Crippen molar-refractivity contribution >= 4 is 5.97 Å². The first-order valence-corrected chi connectivity index (χ1v) is 6.53. The molecule has 1 fully saturated rings. The highest BCUT2D eigenvalue weighted by Gasteiger charge is 2.44. The Morgan fingerprint density at radius 3 is 2.61 bits per heavy atom. The van der Waals surface area contributed by atoms with Crippen LogP contribution in [0.2, 0.25) is 0 Å². The van der Waals surface area contributed by atoms with E-state index in [4.69, 9.17) is 10.8 Å². The quantitative estimate of drug-likeness (QED) is 0.859. The van der Waals surface area contributed by atoms with Crippen LogP contribution in [0.5, 0.6) is 0 Å². The second-order valence-electron chi connectivity index (χ2n) is 5.68. The third-order valence-corrected chi connectivity index (χ3v) is 4.28. The Morgan fingerprint density at radius 2 is 2.06 bits per heavy atom. The number of hydrogen-bond donors (Lipinski definition) is 2. The van der Waals surface area contributed by atoms with Crippen molar-refractivity contribution < 1.29 is 9.90 Å². The van der Waals surface area contributed by atoms with Crippen LogP contribution in [-0.4, -0.2) is 17.6 Å². The van der Waals surface area contributed by atoms with Crippen LogP contribution in [0.25, 0.3) is 0 Å². The van der Waals surface area contributed by atoms with Crippen molar-refractivity contribution in [1.29, 1.82) is 0 Å². The third kappa shape index (κ3) is 2.56. The van der Waals surface area contributed by atoms with E-state index in [1.807, 2.05) is 18.2 Å². The third-order valence-electron chi connectivity index (χ3n) is 4.28. The van der Waals surface area contributed by atoms with E-state index in [0.29, 0.717) is 18.4 Å². The maximum absolute atomic E-state index is 11.0. The smallest absolute Gasteiger partial charge is 0.303 e. The predicted molar refractivity (Wildman–Crippen MR) is 71.3 cm³/mol. The summed E-state index contributed by atoms with van der Waals surface area (Å²) >= 11 is 0. The molecule has 2 rings (SSSR count). The zero-order valence-corrected chi connectivity index (χ0v) is 10.8. The van der Waals surface area contributed by atoms with Gasteiger partial charge in [0, 0.05) is 0 Å². The molecule has 1 aliphatic carbocycles. The van der Waals surface area contributed by atoms with E-state index in [0.717, 1.165) is 12.8 Å². The summed E-state index contributed by atoms with van der Waals surface area (Å²) in [6, 6.07) is 10.4. The minimum absolute atomic E-state index is 0.192. The van der Waals surface area contributed by atoms with Crippen molar-refractivity contribution in [3.8, 4) is 0 Å². The van der Waals surface area contributed by atoms with Gasteiger partial charge >= 0.3 is 5.97 Å². The van der Waals surface area contributed by atoms with Crippen molar-refractivity contribution in [2.45, 2.75) is 32.1 Å². The lowest BCUT2D eigenvalue weighted by Gasteiger charge is -2.25. The second kappa shape index (κ2) is 5.11. The lowest BCUT2D eigenvalue weighted by atomic mass is 9.81. The molecule has 0 heterocycles. The first-order valence-electron chi connectivity index (χ1n) is 6.53. The van der Waals surface area contributed by atoms with Crippen LogP contribution in [0.3, 0.4) is 0 Å². The molecule has 3 atom stereocenters. The SMILES string of the molecule is C[C@H]1C[C@](CN)(CC(=O)O)C[C@H]1c1ccccc1. The van der Waals surface area contributed by atoms with Crippen molar-refractivity contribution in [2.75, 3.05) is 6.54 Å². The molecule has 3 nitrogen and oxygen atoms in total. The van der Waals surface area contributed by atoms with Crippen molar-refractivity contribution in [3.05, 3.63) is 35.9 Å². The van der Waals surface area contributed by atoms with Gasteiger partial charge in [0.05, 0.1) is 6.42 Å². The number of rotatable bonds is 4. The van der Waals surface area contributed by atoms with Crippen LogP contribution in [0.4, 0.5) is 0 Å². The van der Waals surface area contributed by atoms with Gasteiger partial charge in [-0.25, -0.2) is 0 Å². The molecule has 0 unspecified atom stereocenters. The highest BCUT2D eigenvalue weighted by molar-refractivity contribution is 5.68. The molecular formula is C15H21NO2. The van der Waals surface area contributed by atoms with Crippen LogP contribution >= 0.6 is 0 Å². The molecule has 98 valence electrons. The summed E-state index contributed by atoms with van der Waals surface area (Å²) < 4.78 is 0. The van der Waals surface area contributed by atoms with E-state index >= 15 is 0 Å². The molecule has 0 radical (unpaired) electrons. The number of hydrogen-bond acceptors (Lipinski definition) is 2. The number of nitrogens with two attached hydrogens (primary N) is 1. The molecule has 0 spiro atoms. The summed E-state index contributed by atoms with van der Waals surface area (Å²) in [5, 5.41) is 9.06. The standard InChI is InChI=1S/C15H21NO2/c1-11-7-15(10-16,9-14(17)18)8-13(11)12-5-3-2-4-6-12/h2-6,11,13H,7-10,16H2,1H3,(H,17,18)/t11-,13+,15+/m0/s1. The minimum Gasteiger partial charge on any atom is -0.481 e. The molecule has 18 heavy (non-hydrogen) atoms. The molecule has 1 aromatic carbocycles. The maximum atomic E-state index is 11.0. The number of carboxylic acids is 1. The highest BCUT2D eigenvalue weighted by Crippen LogP contribution is 2.51. The van der Waals surface area contributed by atoms with Gasteiger partial charge in [0.1, 0.15) is 0 Å². The monoisotopic (exact) mass is 247 g/mol. The summed E-state index contributed by atoms with van der Waals surface area (Å²) in [7, 11) is 0. The minimum atomic E-state index is -0.735. The molecule has 0 saturated heterocycles. The van der Waals surface area contributed by atoms with Gasteiger partial charge in [-0.1, -0.05) is 37.3 Å². The predicted octanol–water partition coefficient (Wildman–Crippen LogP) is 2.62. The van der Waals surface area contributed by atoms with E-state index in [1.54, 1.807) is 0 Å². The summed E-state index contributed by atoms with van der Waals surface area (Å²) in [5.74, 6) is 0.200. The van der Waals surface area contributed by atoms with Gasteiger partial charge in [-0.15, -0.1) is 0 Å². The Bertz CT molecular complexity index is 418. The number of benzene rings is 1. The number of aliphatic carboxylic acids is 1. The van der Waals surface area contributed by atoms with Crippen molar-refractivity contribution in [1.82, 2.24) is 0 Å². The molecule has 1 aromatic rings. The van der Waals surface area contributed by atoms with Gasteiger partial charge in [0.15, 0.2) is 0 Å². The molecular weight excluding hydrogens is 226 g/mol. The topological polar surface area (TPSA) is 63.3 Å². The maximum Gasteiger partial charge on any atom is 0.303 e. The van der Waals surface area contributed by atoms with E-state index in [-0.39, 0.29) is 11.8 Å². The molecule has 0 amide bonds. The van der Waals surface area contributed by atoms with E-state index < -0.39 is 5.97 Å². The second-order valence-corrected chi connectivity index (χ2v) is 5.68. The molecule has 3 N–H and O–H groups in total. The summed E-state index contributed by atoms with van der Waals surface area (Å²) in [6.07, 6.45) is 1.99. The number of carboxylic acid groups (broad SMARTS) is 1. The lowest BCUT2D eigenvalue weighted by molar-refractivity contribution is -0.139. The molecule has 0 aromatic heterocycles. The van der Waals surface area contributed by atoms with Gasteiger partial charge in [-0.3, -0.25) is 4.79 Å². The average molecular weight is 247 g/mol. The largest absolute Gasteiger partial charge is 0.481 e. The molecule has 0 aliphatic heterocycles. The summed E-state index contributed by atoms with van der Waals surface area (Å²) in [6.45, 7) is 2.67. The van der Waals surface area contributed by atoms with Gasteiger partial charge in [-0.2, -0.15) is 0 Å². The van der Waals surface area contributed by atoms with Crippen LogP contribution < -0.4 is 5.73 Å². The summed E-state index contributed by atoms with van der Waals surface area (Å²) in [5.41, 5.74) is 6.95. The van der Waals surface area contributed by atoms with Crippen molar-refractivity contribution in [3.63, 3.8) is 0 Å². The van der Waals surface area contributed by atoms with Crippen LogP contribution in [0.15, 0.2) is 30.3 Å². The van der Waals surface area contributed by atoms with E-state index in [1.165, 1.54) is 5.56 Å². The fraction of sp³-hybridized carbons (Fsp3) is 0.533. The van der Waals surface area contributed by atoms with Gasteiger partial charge < -0.3 is 10.8 Å². The Hall–Kier alpha value is -1.35. The van der Waals surface area contributed by atoms with Gasteiger partial charge in [0.25, 0.3) is 0 Å². The Labute approximate surface area is 108 Å². The fourth-order valence-corrected chi connectivity index (χ4v) is 3.43. The molecule has 0 bridgehead atoms. The van der Waals surface area contributed by atoms with Crippen LogP contribution in [0.1, 0.15) is 37.7 Å². The fourth-order valence-electron chi connectivity index (χ4n) is 3.43. The van der Waals surface area contributed by atoms with Crippen LogP contribution in [0, 0.1) is 11.3 Å². The first-order chi connectivity index (χ1) is 8.56. The Morgan fingerprint density at radius 1 is 1.39 bits per heavy atom. The van der Waals surface area contributed by atoms with Crippen molar-refractivity contribution in [2.24, 2.45) is 17.1 Å². The average Bonchev–Trinajstić information content (AvgIpc) is 2.67. The van der Waals surface area contributed by atoms with Gasteiger partial charge in [0.2, 0.25) is 0 Å².